The van der Waals surface area contributed by atoms with E-state index >= 15 is 0 Å². The number of esters is 1. The Hall–Kier alpha value is -2.73. The van der Waals surface area contributed by atoms with Crippen LogP contribution in [0.2, 0.25) is 5.15 Å². The van der Waals surface area contributed by atoms with Crippen molar-refractivity contribution in [2.24, 2.45) is 0 Å². The lowest BCUT2D eigenvalue weighted by molar-refractivity contribution is 0.0472. The summed E-state index contributed by atoms with van der Waals surface area (Å²) in [6.07, 6.45) is 6.65. The standard InChI is InChI=1S/C21H20ClN3O3/c22-18-9-6-14(12-23-18)13-28-21(27)15-7-8-16-17(11-15)24-19-5-3-1-2-4-10-25(19)20(16)26/h6-9,11-12H,1-5,10,13H2. The number of benzene rings is 1. The molecule has 1 aliphatic rings. The summed E-state index contributed by atoms with van der Waals surface area (Å²) in [4.78, 5) is 33.9. The van der Waals surface area contributed by atoms with E-state index in [1.807, 2.05) is 0 Å². The van der Waals surface area contributed by atoms with Crippen LogP contribution in [0.15, 0.2) is 41.3 Å². The zero-order chi connectivity index (χ0) is 19.5. The molecule has 4 rings (SSSR count). The maximum Gasteiger partial charge on any atom is 0.338 e. The second kappa shape index (κ2) is 8.10. The number of ether oxygens (including phenoxy) is 1. The van der Waals surface area contributed by atoms with Crippen LogP contribution in [0.3, 0.4) is 0 Å². The minimum absolute atomic E-state index is 0.0333. The predicted molar refractivity (Wildman–Crippen MR) is 107 cm³/mol. The first kappa shape index (κ1) is 18.6. The molecule has 3 heterocycles. The number of aryl methyl sites for hydroxylation is 1. The average Bonchev–Trinajstić information content (AvgIpc) is 2.68. The predicted octanol–water partition coefficient (Wildman–Crippen LogP) is 3.92. The molecule has 2 aromatic heterocycles. The molecule has 0 aliphatic carbocycles. The van der Waals surface area contributed by atoms with Crippen LogP contribution in [0, 0.1) is 0 Å². The summed E-state index contributed by atoms with van der Waals surface area (Å²) in [6.45, 7) is 0.803. The third-order valence-corrected chi connectivity index (χ3v) is 5.18. The number of rotatable bonds is 3. The van der Waals surface area contributed by atoms with Gasteiger partial charge in [0, 0.05) is 24.7 Å². The van der Waals surface area contributed by atoms with Crippen molar-refractivity contribution >= 4 is 28.5 Å². The second-order valence-electron chi connectivity index (χ2n) is 6.95. The molecular weight excluding hydrogens is 378 g/mol. The highest BCUT2D eigenvalue weighted by atomic mass is 35.5. The number of aromatic nitrogens is 3. The summed E-state index contributed by atoms with van der Waals surface area (Å²) in [7, 11) is 0. The Labute approximate surface area is 167 Å². The molecule has 144 valence electrons. The Balaban J connectivity index is 1.59. The Morgan fingerprint density at radius 1 is 1.14 bits per heavy atom. The molecule has 1 aliphatic heterocycles. The normalized spacial score (nSPS) is 14.2. The molecular formula is C21H20ClN3O3. The lowest BCUT2D eigenvalue weighted by atomic mass is 10.1. The molecule has 1 aromatic carbocycles. The van der Waals surface area contributed by atoms with E-state index in [4.69, 9.17) is 16.3 Å². The van der Waals surface area contributed by atoms with Crippen molar-refractivity contribution in [1.82, 2.24) is 14.5 Å². The largest absolute Gasteiger partial charge is 0.457 e. The topological polar surface area (TPSA) is 74.1 Å². The summed E-state index contributed by atoms with van der Waals surface area (Å²) >= 11 is 5.76. The molecule has 6 nitrogen and oxygen atoms in total. The van der Waals surface area contributed by atoms with E-state index in [2.05, 4.69) is 9.97 Å². The van der Waals surface area contributed by atoms with Crippen LogP contribution in [-0.2, 0) is 24.3 Å². The highest BCUT2D eigenvalue weighted by Gasteiger charge is 2.15. The Bertz CT molecular complexity index is 1080. The smallest absolute Gasteiger partial charge is 0.338 e. The maximum absolute atomic E-state index is 12.8. The first-order valence-corrected chi connectivity index (χ1v) is 9.80. The minimum atomic E-state index is -0.467. The van der Waals surface area contributed by atoms with Gasteiger partial charge >= 0.3 is 5.97 Å². The summed E-state index contributed by atoms with van der Waals surface area (Å²) in [5.74, 6) is 0.334. The van der Waals surface area contributed by atoms with Gasteiger partial charge in [-0.15, -0.1) is 0 Å². The molecule has 0 bridgehead atoms. The van der Waals surface area contributed by atoms with Crippen LogP contribution >= 0.6 is 11.6 Å². The highest BCUT2D eigenvalue weighted by Crippen LogP contribution is 2.17. The molecule has 0 amide bonds. The average molecular weight is 398 g/mol. The second-order valence-corrected chi connectivity index (χ2v) is 7.33. The van der Waals surface area contributed by atoms with Gasteiger partial charge in [-0.3, -0.25) is 9.36 Å². The molecule has 0 atom stereocenters. The molecule has 0 saturated carbocycles. The van der Waals surface area contributed by atoms with Gasteiger partial charge in [-0.1, -0.05) is 30.5 Å². The van der Waals surface area contributed by atoms with Crippen LogP contribution in [0.1, 0.15) is 47.4 Å². The van der Waals surface area contributed by atoms with Gasteiger partial charge in [0.25, 0.3) is 5.56 Å². The summed E-state index contributed by atoms with van der Waals surface area (Å²) in [5, 5.41) is 0.916. The summed E-state index contributed by atoms with van der Waals surface area (Å²) < 4.78 is 7.13. The fraction of sp³-hybridized carbons (Fsp3) is 0.333. The van der Waals surface area contributed by atoms with Gasteiger partial charge < -0.3 is 4.74 Å². The van der Waals surface area contributed by atoms with E-state index < -0.39 is 5.97 Å². The quantitative estimate of drug-likeness (QED) is 0.494. The highest BCUT2D eigenvalue weighted by molar-refractivity contribution is 6.29. The van der Waals surface area contributed by atoms with Gasteiger partial charge in [-0.2, -0.15) is 0 Å². The van der Waals surface area contributed by atoms with Gasteiger partial charge in [0.05, 0.1) is 16.5 Å². The summed E-state index contributed by atoms with van der Waals surface area (Å²) in [6, 6.07) is 8.31. The first-order valence-electron chi connectivity index (χ1n) is 9.43. The van der Waals surface area contributed by atoms with Gasteiger partial charge in [0.2, 0.25) is 0 Å². The number of nitrogens with zero attached hydrogens (tertiary/aromatic N) is 3. The maximum atomic E-state index is 12.8. The number of carbonyl (C=O) groups is 1. The van der Waals surface area contributed by atoms with Crippen molar-refractivity contribution in [3.63, 3.8) is 0 Å². The summed E-state index contributed by atoms with van der Waals surface area (Å²) in [5.41, 5.74) is 1.63. The van der Waals surface area contributed by atoms with E-state index in [1.54, 1.807) is 41.1 Å². The molecule has 7 heteroatoms. The van der Waals surface area contributed by atoms with E-state index in [0.29, 0.717) is 28.2 Å². The third kappa shape index (κ3) is 3.92. The van der Waals surface area contributed by atoms with Crippen LogP contribution in [-0.4, -0.2) is 20.5 Å². The van der Waals surface area contributed by atoms with E-state index in [0.717, 1.165) is 43.5 Å². The zero-order valence-corrected chi connectivity index (χ0v) is 16.1. The minimum Gasteiger partial charge on any atom is -0.457 e. The van der Waals surface area contributed by atoms with Crippen LogP contribution in [0.5, 0.6) is 0 Å². The van der Waals surface area contributed by atoms with Crippen molar-refractivity contribution in [2.75, 3.05) is 0 Å². The number of halogens is 1. The Morgan fingerprint density at radius 3 is 2.82 bits per heavy atom. The first-order chi connectivity index (χ1) is 13.6. The van der Waals surface area contributed by atoms with Gasteiger partial charge in [0.15, 0.2) is 0 Å². The van der Waals surface area contributed by atoms with Gasteiger partial charge in [-0.25, -0.2) is 14.8 Å². The fourth-order valence-electron chi connectivity index (χ4n) is 3.45. The van der Waals surface area contributed by atoms with Crippen molar-refractivity contribution < 1.29 is 9.53 Å². The van der Waals surface area contributed by atoms with Crippen molar-refractivity contribution in [3.8, 4) is 0 Å². The van der Waals surface area contributed by atoms with E-state index in [9.17, 15) is 9.59 Å². The van der Waals surface area contributed by atoms with Gasteiger partial charge in [-0.05, 0) is 37.1 Å². The fourth-order valence-corrected chi connectivity index (χ4v) is 3.56. The Kier molecular flexibility index (Phi) is 5.39. The number of hydrogen-bond acceptors (Lipinski definition) is 5. The van der Waals surface area contributed by atoms with Crippen molar-refractivity contribution in [3.05, 3.63) is 69.0 Å². The van der Waals surface area contributed by atoms with Crippen LogP contribution in [0.25, 0.3) is 10.9 Å². The van der Waals surface area contributed by atoms with E-state index in [1.165, 1.54) is 0 Å². The third-order valence-electron chi connectivity index (χ3n) is 4.96. The molecule has 28 heavy (non-hydrogen) atoms. The molecule has 3 aromatic rings. The monoisotopic (exact) mass is 397 g/mol. The number of pyridine rings is 1. The number of carbonyl (C=O) groups excluding carboxylic acids is 1. The molecule has 0 N–H and O–H groups in total. The molecule has 0 radical (unpaired) electrons. The molecule has 0 unspecified atom stereocenters. The molecule has 0 spiro atoms. The van der Waals surface area contributed by atoms with E-state index in [-0.39, 0.29) is 12.2 Å². The molecule has 0 saturated heterocycles. The van der Waals surface area contributed by atoms with Crippen molar-refractivity contribution in [2.45, 2.75) is 45.3 Å². The Morgan fingerprint density at radius 2 is 2.00 bits per heavy atom. The van der Waals surface area contributed by atoms with Crippen LogP contribution < -0.4 is 5.56 Å². The lowest BCUT2D eigenvalue weighted by Gasteiger charge is -2.16. The molecule has 0 fully saturated rings. The number of fused-ring (bicyclic) bond motifs is 2. The lowest BCUT2D eigenvalue weighted by Crippen LogP contribution is -2.26. The van der Waals surface area contributed by atoms with Crippen LogP contribution in [0.4, 0.5) is 0 Å². The SMILES string of the molecule is O=C(OCc1ccc(Cl)nc1)c1ccc2c(=O)n3c(nc2c1)CCCCCC3. The zero-order valence-electron chi connectivity index (χ0n) is 15.4. The van der Waals surface area contributed by atoms with Crippen molar-refractivity contribution in [1.29, 1.82) is 0 Å². The number of hydrogen-bond donors (Lipinski definition) is 0. The van der Waals surface area contributed by atoms with Gasteiger partial charge in [0.1, 0.15) is 17.6 Å².